The molecule has 0 aliphatic heterocycles. The van der Waals surface area contributed by atoms with Gasteiger partial charge >= 0.3 is 5.97 Å². The van der Waals surface area contributed by atoms with Gasteiger partial charge in [0.15, 0.2) is 0 Å². The zero-order chi connectivity index (χ0) is 11.6. The Balaban J connectivity index is 3.35. The zero-order valence-electron chi connectivity index (χ0n) is 8.53. The number of hydrogen-bond donors (Lipinski definition) is 1. The van der Waals surface area contributed by atoms with Crippen molar-refractivity contribution in [2.45, 2.75) is 26.3 Å². The lowest BCUT2D eigenvalue weighted by molar-refractivity contribution is -0.141. The Morgan fingerprint density at radius 3 is 2.73 bits per heavy atom. The molecule has 0 fully saturated rings. The van der Waals surface area contributed by atoms with Gasteiger partial charge in [-0.3, -0.25) is 4.79 Å². The molecule has 1 aromatic rings. The molecule has 4 nitrogen and oxygen atoms in total. The summed E-state index contributed by atoms with van der Waals surface area (Å²) in [6, 6.07) is 0.877. The van der Waals surface area contributed by atoms with E-state index in [1.165, 1.54) is 4.57 Å². The van der Waals surface area contributed by atoms with Gasteiger partial charge in [-0.25, -0.2) is 4.79 Å². The number of aliphatic carboxylic acids is 1. The SMILES string of the molecule is CCC(C(=O)O)n1cc(C)cc(Br)c1=O. The largest absolute Gasteiger partial charge is 0.480 e. The second kappa shape index (κ2) is 4.61. The number of pyridine rings is 1. The quantitative estimate of drug-likeness (QED) is 0.916. The van der Waals surface area contributed by atoms with Gasteiger partial charge < -0.3 is 9.67 Å². The molecule has 0 saturated heterocycles. The van der Waals surface area contributed by atoms with Crippen LogP contribution in [-0.4, -0.2) is 15.6 Å². The highest BCUT2D eigenvalue weighted by Crippen LogP contribution is 2.13. The van der Waals surface area contributed by atoms with Gasteiger partial charge in [0.05, 0.1) is 4.47 Å². The van der Waals surface area contributed by atoms with Crippen LogP contribution in [0.5, 0.6) is 0 Å². The molecule has 1 heterocycles. The molecule has 0 saturated carbocycles. The van der Waals surface area contributed by atoms with Gasteiger partial charge in [-0.05, 0) is 40.9 Å². The predicted molar refractivity (Wildman–Crippen MR) is 60.1 cm³/mol. The van der Waals surface area contributed by atoms with E-state index in [1.54, 1.807) is 19.2 Å². The maximum Gasteiger partial charge on any atom is 0.326 e. The third-order valence-corrected chi connectivity index (χ3v) is 2.71. The molecule has 1 N–H and O–H groups in total. The standard InChI is InChI=1S/C10H12BrNO3/c1-3-8(10(14)15)12-5-6(2)4-7(11)9(12)13/h4-5,8H,3H2,1-2H3,(H,14,15). The lowest BCUT2D eigenvalue weighted by atomic mass is 10.2. The molecule has 0 aromatic carbocycles. The zero-order valence-corrected chi connectivity index (χ0v) is 10.1. The number of aromatic nitrogens is 1. The Morgan fingerprint density at radius 2 is 2.27 bits per heavy atom. The van der Waals surface area contributed by atoms with Gasteiger partial charge in [0, 0.05) is 6.20 Å². The lowest BCUT2D eigenvalue weighted by Gasteiger charge is -2.14. The molecular weight excluding hydrogens is 262 g/mol. The molecule has 0 aliphatic carbocycles. The normalized spacial score (nSPS) is 12.5. The Morgan fingerprint density at radius 1 is 1.67 bits per heavy atom. The van der Waals surface area contributed by atoms with Gasteiger partial charge in [0.25, 0.3) is 5.56 Å². The van der Waals surface area contributed by atoms with E-state index in [0.717, 1.165) is 5.56 Å². The van der Waals surface area contributed by atoms with E-state index in [0.29, 0.717) is 10.9 Å². The van der Waals surface area contributed by atoms with Crippen molar-refractivity contribution in [3.05, 3.63) is 32.7 Å². The first-order valence-electron chi connectivity index (χ1n) is 4.58. The summed E-state index contributed by atoms with van der Waals surface area (Å²) < 4.78 is 1.64. The van der Waals surface area contributed by atoms with Gasteiger partial charge in [-0.1, -0.05) is 6.92 Å². The number of aryl methyl sites for hydroxylation is 1. The first kappa shape index (κ1) is 12.0. The second-order valence-corrected chi connectivity index (χ2v) is 4.19. The summed E-state index contributed by atoms with van der Waals surface area (Å²) in [4.78, 5) is 22.6. The summed E-state index contributed by atoms with van der Waals surface area (Å²) in [7, 11) is 0. The average molecular weight is 274 g/mol. The minimum absolute atomic E-state index is 0.310. The molecular formula is C10H12BrNO3. The summed E-state index contributed by atoms with van der Waals surface area (Å²) in [6.45, 7) is 3.55. The smallest absolute Gasteiger partial charge is 0.326 e. The predicted octanol–water partition coefficient (Wildman–Crippen LogP) is 1.95. The van der Waals surface area contributed by atoms with Crippen LogP contribution in [-0.2, 0) is 4.79 Å². The molecule has 1 atom stereocenters. The fourth-order valence-electron chi connectivity index (χ4n) is 1.42. The van der Waals surface area contributed by atoms with Crippen LogP contribution in [0.25, 0.3) is 0 Å². The Labute approximate surface area is 95.7 Å². The molecule has 0 bridgehead atoms. The summed E-state index contributed by atoms with van der Waals surface area (Å²) >= 11 is 3.12. The van der Waals surface area contributed by atoms with Gasteiger partial charge in [-0.2, -0.15) is 0 Å². The molecule has 82 valence electrons. The van der Waals surface area contributed by atoms with E-state index in [2.05, 4.69) is 15.9 Å². The topological polar surface area (TPSA) is 59.3 Å². The van der Waals surface area contributed by atoms with E-state index in [9.17, 15) is 9.59 Å². The third-order valence-electron chi connectivity index (χ3n) is 2.14. The highest BCUT2D eigenvalue weighted by molar-refractivity contribution is 9.10. The number of carboxylic acid groups (broad SMARTS) is 1. The molecule has 0 spiro atoms. The molecule has 1 unspecified atom stereocenters. The van der Waals surface area contributed by atoms with E-state index >= 15 is 0 Å². The molecule has 5 heteroatoms. The van der Waals surface area contributed by atoms with Crippen molar-refractivity contribution >= 4 is 21.9 Å². The van der Waals surface area contributed by atoms with Gasteiger partial charge in [0.1, 0.15) is 6.04 Å². The van der Waals surface area contributed by atoms with Crippen LogP contribution >= 0.6 is 15.9 Å². The van der Waals surface area contributed by atoms with E-state index in [4.69, 9.17) is 5.11 Å². The maximum absolute atomic E-state index is 11.7. The van der Waals surface area contributed by atoms with Crippen LogP contribution < -0.4 is 5.56 Å². The van der Waals surface area contributed by atoms with E-state index < -0.39 is 12.0 Å². The fourth-order valence-corrected chi connectivity index (χ4v) is 1.99. The molecule has 0 radical (unpaired) electrons. The van der Waals surface area contributed by atoms with Gasteiger partial charge in [-0.15, -0.1) is 0 Å². The number of carboxylic acids is 1. The van der Waals surface area contributed by atoms with Crippen LogP contribution in [0.2, 0.25) is 0 Å². The molecule has 0 amide bonds. The molecule has 15 heavy (non-hydrogen) atoms. The van der Waals surface area contributed by atoms with Gasteiger partial charge in [0.2, 0.25) is 0 Å². The highest BCUT2D eigenvalue weighted by Gasteiger charge is 2.19. The summed E-state index contributed by atoms with van der Waals surface area (Å²) in [5.41, 5.74) is 0.538. The van der Waals surface area contributed by atoms with Crippen LogP contribution in [0, 0.1) is 6.92 Å². The fraction of sp³-hybridized carbons (Fsp3) is 0.400. The van der Waals surface area contributed by atoms with E-state index in [-0.39, 0.29) is 5.56 Å². The first-order valence-corrected chi connectivity index (χ1v) is 5.37. The summed E-state index contributed by atoms with van der Waals surface area (Å²) in [6.07, 6.45) is 1.94. The van der Waals surface area contributed by atoms with Crippen molar-refractivity contribution in [1.29, 1.82) is 0 Å². The summed E-state index contributed by atoms with van der Waals surface area (Å²) in [5, 5.41) is 8.96. The Kier molecular flexibility index (Phi) is 3.68. The van der Waals surface area contributed by atoms with Crippen LogP contribution in [0.1, 0.15) is 24.9 Å². The van der Waals surface area contributed by atoms with Crippen LogP contribution in [0.15, 0.2) is 21.5 Å². The monoisotopic (exact) mass is 273 g/mol. The minimum Gasteiger partial charge on any atom is -0.480 e. The number of carbonyl (C=O) groups is 1. The average Bonchev–Trinajstić information content (AvgIpc) is 2.13. The Hall–Kier alpha value is -1.10. The highest BCUT2D eigenvalue weighted by atomic mass is 79.9. The minimum atomic E-state index is -0.989. The van der Waals surface area contributed by atoms with E-state index in [1.807, 2.05) is 6.92 Å². The van der Waals surface area contributed by atoms with Crippen molar-refractivity contribution in [2.75, 3.05) is 0 Å². The lowest BCUT2D eigenvalue weighted by Crippen LogP contribution is -2.29. The maximum atomic E-state index is 11.7. The number of halogens is 1. The number of nitrogens with zero attached hydrogens (tertiary/aromatic N) is 1. The van der Waals surface area contributed by atoms with Crippen molar-refractivity contribution in [3.63, 3.8) is 0 Å². The van der Waals surface area contributed by atoms with Crippen molar-refractivity contribution < 1.29 is 9.90 Å². The third kappa shape index (κ3) is 2.47. The first-order chi connectivity index (χ1) is 6.97. The number of hydrogen-bond acceptors (Lipinski definition) is 2. The van der Waals surface area contributed by atoms with Crippen LogP contribution in [0.4, 0.5) is 0 Å². The van der Waals surface area contributed by atoms with Crippen molar-refractivity contribution in [3.8, 4) is 0 Å². The van der Waals surface area contributed by atoms with Crippen molar-refractivity contribution in [1.82, 2.24) is 4.57 Å². The van der Waals surface area contributed by atoms with Crippen molar-refractivity contribution in [2.24, 2.45) is 0 Å². The van der Waals surface area contributed by atoms with Crippen LogP contribution in [0.3, 0.4) is 0 Å². The molecule has 1 aromatic heterocycles. The Bertz CT molecular complexity index is 439. The molecule has 1 rings (SSSR count). The number of rotatable bonds is 3. The molecule has 0 aliphatic rings. The second-order valence-electron chi connectivity index (χ2n) is 3.34. The summed E-state index contributed by atoms with van der Waals surface area (Å²) in [5.74, 6) is -0.989.